The number of amides is 3. The monoisotopic (exact) mass is 357 g/mol. The van der Waals surface area contributed by atoms with E-state index in [2.05, 4.69) is 10.9 Å². The van der Waals surface area contributed by atoms with E-state index in [9.17, 15) is 14.4 Å². The van der Waals surface area contributed by atoms with Crippen LogP contribution in [-0.2, 0) is 9.59 Å². The molecule has 0 saturated carbocycles. The van der Waals surface area contributed by atoms with Gasteiger partial charge in [-0.25, -0.2) is 0 Å². The van der Waals surface area contributed by atoms with Gasteiger partial charge in [-0.1, -0.05) is 12.1 Å². The molecule has 1 fully saturated rings. The predicted molar refractivity (Wildman–Crippen MR) is 92.5 cm³/mol. The maximum Gasteiger partial charge on any atom is 0.273 e. The Kier molecular flexibility index (Phi) is 4.92. The molecule has 3 amide bonds. The van der Waals surface area contributed by atoms with Crippen LogP contribution < -0.4 is 20.5 Å². The zero-order valence-corrected chi connectivity index (χ0v) is 14.4. The predicted octanol–water partition coefficient (Wildman–Crippen LogP) is 1.41. The van der Waals surface area contributed by atoms with Crippen molar-refractivity contribution in [2.24, 2.45) is 5.92 Å². The van der Waals surface area contributed by atoms with Crippen LogP contribution >= 0.6 is 0 Å². The summed E-state index contributed by atoms with van der Waals surface area (Å²) in [5, 5.41) is 0. The topological polar surface area (TPSA) is 101 Å². The summed E-state index contributed by atoms with van der Waals surface area (Å²) in [6, 6.07) is 8.63. The standard InChI is InChI=1S/C18H19N3O5/c1-11-13(7-8-26-11)18(24)20-19-17(23)12-9-16(22)21(10-12)14-5-3-4-6-15(14)25-2/h3-8,12H,9-10H2,1-2H3,(H,19,23)(H,20,24). The van der Waals surface area contributed by atoms with Gasteiger partial charge in [0.2, 0.25) is 11.8 Å². The smallest absolute Gasteiger partial charge is 0.273 e. The quantitative estimate of drug-likeness (QED) is 0.806. The highest BCUT2D eigenvalue weighted by Crippen LogP contribution is 2.32. The van der Waals surface area contributed by atoms with Gasteiger partial charge in [0.15, 0.2) is 0 Å². The van der Waals surface area contributed by atoms with Gasteiger partial charge in [0.1, 0.15) is 11.5 Å². The highest BCUT2D eigenvalue weighted by molar-refractivity contribution is 6.02. The van der Waals surface area contributed by atoms with E-state index in [0.717, 1.165) is 0 Å². The van der Waals surface area contributed by atoms with Crippen molar-refractivity contribution in [3.05, 3.63) is 47.9 Å². The molecule has 2 N–H and O–H groups in total. The molecule has 0 aliphatic carbocycles. The second-order valence-electron chi connectivity index (χ2n) is 5.91. The number of aryl methyl sites for hydroxylation is 1. The van der Waals surface area contributed by atoms with Gasteiger partial charge >= 0.3 is 0 Å². The first-order valence-corrected chi connectivity index (χ1v) is 8.09. The van der Waals surface area contributed by atoms with Crippen LogP contribution in [0.2, 0.25) is 0 Å². The van der Waals surface area contributed by atoms with Crippen LogP contribution in [-0.4, -0.2) is 31.4 Å². The largest absolute Gasteiger partial charge is 0.495 e. The van der Waals surface area contributed by atoms with Gasteiger partial charge in [-0.15, -0.1) is 0 Å². The van der Waals surface area contributed by atoms with E-state index in [4.69, 9.17) is 9.15 Å². The van der Waals surface area contributed by atoms with E-state index >= 15 is 0 Å². The Bertz CT molecular complexity index is 845. The number of furan rings is 1. The SMILES string of the molecule is COc1ccccc1N1CC(C(=O)NNC(=O)c2ccoc2C)CC1=O. The number of benzene rings is 1. The third kappa shape index (κ3) is 3.39. The van der Waals surface area contributed by atoms with Crippen LogP contribution in [0.15, 0.2) is 41.0 Å². The van der Waals surface area contributed by atoms with Crippen molar-refractivity contribution >= 4 is 23.4 Å². The first-order chi connectivity index (χ1) is 12.5. The summed E-state index contributed by atoms with van der Waals surface area (Å²) in [5.41, 5.74) is 5.67. The Labute approximate surface area is 150 Å². The molecule has 1 aliphatic rings. The van der Waals surface area contributed by atoms with Crippen LogP contribution in [0.5, 0.6) is 5.75 Å². The number of methoxy groups -OCH3 is 1. The van der Waals surface area contributed by atoms with E-state index in [1.54, 1.807) is 31.2 Å². The van der Waals surface area contributed by atoms with E-state index in [-0.39, 0.29) is 18.9 Å². The van der Waals surface area contributed by atoms with Crippen LogP contribution in [0.1, 0.15) is 22.5 Å². The second kappa shape index (κ2) is 7.30. The summed E-state index contributed by atoms with van der Waals surface area (Å²) in [6.07, 6.45) is 1.46. The molecule has 3 rings (SSSR count). The molecular formula is C18H19N3O5. The Morgan fingerprint density at radius 2 is 2.00 bits per heavy atom. The summed E-state index contributed by atoms with van der Waals surface area (Å²) < 4.78 is 10.3. The summed E-state index contributed by atoms with van der Waals surface area (Å²) in [5.74, 6) is -0.633. The zero-order valence-electron chi connectivity index (χ0n) is 14.4. The number of carbonyl (C=O) groups excluding carboxylic acids is 3. The molecule has 2 aromatic rings. The minimum absolute atomic E-state index is 0.0600. The number of nitrogens with one attached hydrogen (secondary N) is 2. The number of anilines is 1. The van der Waals surface area contributed by atoms with Gasteiger partial charge in [0, 0.05) is 13.0 Å². The number of carbonyl (C=O) groups is 3. The normalized spacial score (nSPS) is 16.5. The Morgan fingerprint density at radius 1 is 1.23 bits per heavy atom. The van der Waals surface area contributed by atoms with Crippen LogP contribution in [0.25, 0.3) is 0 Å². The molecule has 136 valence electrons. The van der Waals surface area contributed by atoms with Gasteiger partial charge in [-0.05, 0) is 25.1 Å². The molecule has 0 radical (unpaired) electrons. The lowest BCUT2D eigenvalue weighted by atomic mass is 10.1. The molecule has 8 heteroatoms. The number of nitrogens with zero attached hydrogens (tertiary/aromatic N) is 1. The molecule has 1 unspecified atom stereocenters. The van der Waals surface area contributed by atoms with Crippen molar-refractivity contribution in [2.75, 3.05) is 18.6 Å². The number of hydrazine groups is 1. The lowest BCUT2D eigenvalue weighted by Gasteiger charge is -2.19. The first kappa shape index (κ1) is 17.5. The molecule has 2 heterocycles. The molecule has 0 spiro atoms. The Hall–Kier alpha value is -3.29. The molecule has 8 nitrogen and oxygen atoms in total. The third-order valence-electron chi connectivity index (χ3n) is 4.27. The lowest BCUT2D eigenvalue weighted by molar-refractivity contribution is -0.126. The number of hydrogen-bond donors (Lipinski definition) is 2. The number of para-hydroxylation sites is 2. The van der Waals surface area contributed by atoms with Crippen molar-refractivity contribution < 1.29 is 23.5 Å². The van der Waals surface area contributed by atoms with Gasteiger partial charge in [-0.3, -0.25) is 25.2 Å². The molecule has 1 aromatic heterocycles. The lowest BCUT2D eigenvalue weighted by Crippen LogP contribution is -2.45. The van der Waals surface area contributed by atoms with Crippen molar-refractivity contribution in [1.29, 1.82) is 0 Å². The molecule has 1 atom stereocenters. The summed E-state index contributed by atoms with van der Waals surface area (Å²) in [7, 11) is 1.52. The molecule has 1 saturated heterocycles. The highest BCUT2D eigenvalue weighted by atomic mass is 16.5. The van der Waals surface area contributed by atoms with Gasteiger partial charge in [0.25, 0.3) is 5.91 Å². The summed E-state index contributed by atoms with van der Waals surface area (Å²) >= 11 is 0. The van der Waals surface area contributed by atoms with E-state index in [1.165, 1.54) is 24.3 Å². The maximum absolute atomic E-state index is 12.3. The minimum Gasteiger partial charge on any atom is -0.495 e. The van der Waals surface area contributed by atoms with Crippen LogP contribution in [0, 0.1) is 12.8 Å². The highest BCUT2D eigenvalue weighted by Gasteiger charge is 2.36. The fourth-order valence-corrected chi connectivity index (χ4v) is 2.88. The number of hydrogen-bond acceptors (Lipinski definition) is 5. The van der Waals surface area contributed by atoms with E-state index in [0.29, 0.717) is 22.8 Å². The first-order valence-electron chi connectivity index (χ1n) is 8.09. The van der Waals surface area contributed by atoms with Gasteiger partial charge in [-0.2, -0.15) is 0 Å². The molecule has 0 bridgehead atoms. The third-order valence-corrected chi connectivity index (χ3v) is 4.27. The minimum atomic E-state index is -0.571. The second-order valence-corrected chi connectivity index (χ2v) is 5.91. The molecular weight excluding hydrogens is 338 g/mol. The average Bonchev–Trinajstić information content (AvgIpc) is 3.25. The van der Waals surface area contributed by atoms with Crippen molar-refractivity contribution in [3.63, 3.8) is 0 Å². The van der Waals surface area contributed by atoms with Crippen LogP contribution in [0.4, 0.5) is 5.69 Å². The van der Waals surface area contributed by atoms with Crippen molar-refractivity contribution in [2.45, 2.75) is 13.3 Å². The zero-order chi connectivity index (χ0) is 18.7. The van der Waals surface area contributed by atoms with Gasteiger partial charge in [0.05, 0.1) is 30.5 Å². The number of rotatable bonds is 4. The molecule has 26 heavy (non-hydrogen) atoms. The van der Waals surface area contributed by atoms with E-state index < -0.39 is 17.7 Å². The fraction of sp³-hybridized carbons (Fsp3) is 0.278. The van der Waals surface area contributed by atoms with Crippen LogP contribution in [0.3, 0.4) is 0 Å². The van der Waals surface area contributed by atoms with Gasteiger partial charge < -0.3 is 14.1 Å². The maximum atomic E-state index is 12.3. The molecule has 1 aliphatic heterocycles. The number of ether oxygens (including phenoxy) is 1. The Balaban J connectivity index is 1.62. The Morgan fingerprint density at radius 3 is 2.69 bits per heavy atom. The fourth-order valence-electron chi connectivity index (χ4n) is 2.88. The van der Waals surface area contributed by atoms with E-state index in [1.807, 2.05) is 0 Å². The summed E-state index contributed by atoms with van der Waals surface area (Å²) in [6.45, 7) is 1.86. The average molecular weight is 357 g/mol. The summed E-state index contributed by atoms with van der Waals surface area (Å²) in [4.78, 5) is 38.2. The van der Waals surface area contributed by atoms with Crippen molar-refractivity contribution in [3.8, 4) is 5.75 Å². The van der Waals surface area contributed by atoms with Crippen molar-refractivity contribution in [1.82, 2.24) is 10.9 Å². The molecule has 1 aromatic carbocycles.